The summed E-state index contributed by atoms with van der Waals surface area (Å²) in [6, 6.07) is 7.56. The number of hydrogen-bond donors (Lipinski definition) is 1. The van der Waals surface area contributed by atoms with E-state index in [0.29, 0.717) is 11.3 Å². The van der Waals surface area contributed by atoms with E-state index in [9.17, 15) is 14.4 Å². The van der Waals surface area contributed by atoms with Gasteiger partial charge in [0, 0.05) is 0 Å². The standard InChI is InChI=1S/C22H27NO6S/c1-5-8-15-9-11-16(12-10-15)29-13-17(24)23-20-18(21(25)27-6-2)14(4)19(30-20)22(26)28-7-3/h9-12H,5-8,13H2,1-4H3,(H,23,24). The number of carbonyl (C=O) groups is 3. The van der Waals surface area contributed by atoms with Crippen molar-refractivity contribution in [2.45, 2.75) is 40.5 Å². The molecule has 7 nitrogen and oxygen atoms in total. The predicted molar refractivity (Wildman–Crippen MR) is 116 cm³/mol. The van der Waals surface area contributed by atoms with Gasteiger partial charge in [0.2, 0.25) is 0 Å². The number of thiophene rings is 1. The van der Waals surface area contributed by atoms with Crippen LogP contribution in [0, 0.1) is 6.92 Å². The average Bonchev–Trinajstić information content (AvgIpc) is 3.04. The monoisotopic (exact) mass is 433 g/mol. The molecule has 2 aromatic rings. The topological polar surface area (TPSA) is 90.9 Å². The largest absolute Gasteiger partial charge is 0.484 e. The Balaban J connectivity index is 2.12. The molecule has 1 heterocycles. The van der Waals surface area contributed by atoms with Crippen LogP contribution in [0.4, 0.5) is 5.00 Å². The van der Waals surface area contributed by atoms with Gasteiger partial charge in [0.25, 0.3) is 5.91 Å². The fourth-order valence-corrected chi connectivity index (χ4v) is 3.90. The van der Waals surface area contributed by atoms with E-state index in [0.717, 1.165) is 24.2 Å². The zero-order chi connectivity index (χ0) is 22.1. The Hall–Kier alpha value is -2.87. The normalized spacial score (nSPS) is 10.4. The van der Waals surface area contributed by atoms with Gasteiger partial charge in [-0.15, -0.1) is 11.3 Å². The Morgan fingerprint density at radius 2 is 1.60 bits per heavy atom. The summed E-state index contributed by atoms with van der Waals surface area (Å²) in [4.78, 5) is 37.2. The van der Waals surface area contributed by atoms with Gasteiger partial charge in [-0.05, 0) is 50.5 Å². The number of carbonyl (C=O) groups excluding carboxylic acids is 3. The van der Waals surface area contributed by atoms with Gasteiger partial charge < -0.3 is 19.5 Å². The lowest BCUT2D eigenvalue weighted by molar-refractivity contribution is -0.118. The van der Waals surface area contributed by atoms with E-state index in [1.165, 1.54) is 5.56 Å². The van der Waals surface area contributed by atoms with Crippen LogP contribution in [0.3, 0.4) is 0 Å². The van der Waals surface area contributed by atoms with Crippen LogP contribution in [0.2, 0.25) is 0 Å². The van der Waals surface area contributed by atoms with Gasteiger partial charge >= 0.3 is 11.9 Å². The van der Waals surface area contributed by atoms with E-state index in [2.05, 4.69) is 12.2 Å². The molecule has 1 aromatic carbocycles. The summed E-state index contributed by atoms with van der Waals surface area (Å²) in [5.74, 6) is -1.03. The molecule has 0 aliphatic rings. The average molecular weight is 434 g/mol. The maximum Gasteiger partial charge on any atom is 0.348 e. The minimum atomic E-state index is -0.607. The lowest BCUT2D eigenvalue weighted by Crippen LogP contribution is -2.21. The first-order valence-corrected chi connectivity index (χ1v) is 10.7. The fourth-order valence-electron chi connectivity index (χ4n) is 2.79. The lowest BCUT2D eigenvalue weighted by atomic mass is 10.1. The van der Waals surface area contributed by atoms with Crippen molar-refractivity contribution in [3.8, 4) is 5.75 Å². The maximum absolute atomic E-state index is 12.4. The van der Waals surface area contributed by atoms with Crippen molar-refractivity contribution in [1.29, 1.82) is 0 Å². The Morgan fingerprint density at radius 3 is 2.20 bits per heavy atom. The minimum absolute atomic E-state index is 0.155. The Morgan fingerprint density at radius 1 is 0.967 bits per heavy atom. The third-order valence-corrected chi connectivity index (χ3v) is 5.36. The molecule has 0 bridgehead atoms. The molecular formula is C22H27NO6S. The molecule has 0 aliphatic heterocycles. The van der Waals surface area contributed by atoms with Crippen molar-refractivity contribution in [3.05, 3.63) is 45.8 Å². The first kappa shape index (κ1) is 23.4. The van der Waals surface area contributed by atoms with Gasteiger partial charge in [-0.1, -0.05) is 25.5 Å². The molecule has 8 heteroatoms. The second-order valence-electron chi connectivity index (χ2n) is 6.43. The molecule has 1 aromatic heterocycles. The highest BCUT2D eigenvalue weighted by Crippen LogP contribution is 2.34. The molecular weight excluding hydrogens is 406 g/mol. The smallest absolute Gasteiger partial charge is 0.348 e. The second kappa shape index (κ2) is 11.3. The first-order valence-electron chi connectivity index (χ1n) is 9.90. The summed E-state index contributed by atoms with van der Waals surface area (Å²) in [6.07, 6.45) is 2.04. The number of hydrogen-bond acceptors (Lipinski definition) is 7. The maximum atomic E-state index is 12.4. The van der Waals surface area contributed by atoms with Crippen LogP contribution >= 0.6 is 11.3 Å². The number of ether oxygens (including phenoxy) is 3. The van der Waals surface area contributed by atoms with Crippen LogP contribution < -0.4 is 10.1 Å². The number of amides is 1. The highest BCUT2D eigenvalue weighted by molar-refractivity contribution is 7.18. The van der Waals surface area contributed by atoms with Crippen molar-refractivity contribution in [3.63, 3.8) is 0 Å². The molecule has 2 rings (SSSR count). The highest BCUT2D eigenvalue weighted by Gasteiger charge is 2.27. The Kier molecular flexibility index (Phi) is 8.86. The molecule has 1 amide bonds. The molecule has 0 unspecified atom stereocenters. The molecule has 0 radical (unpaired) electrons. The van der Waals surface area contributed by atoms with Gasteiger partial charge in [-0.25, -0.2) is 9.59 Å². The minimum Gasteiger partial charge on any atom is -0.484 e. The van der Waals surface area contributed by atoms with Crippen LogP contribution in [-0.2, 0) is 20.7 Å². The fraction of sp³-hybridized carbons (Fsp3) is 0.409. The zero-order valence-corrected chi connectivity index (χ0v) is 18.5. The van der Waals surface area contributed by atoms with E-state index in [-0.39, 0.29) is 35.3 Å². The molecule has 0 saturated carbocycles. The van der Waals surface area contributed by atoms with E-state index < -0.39 is 17.8 Å². The summed E-state index contributed by atoms with van der Waals surface area (Å²) in [7, 11) is 0. The summed E-state index contributed by atoms with van der Waals surface area (Å²) < 4.78 is 15.6. The van der Waals surface area contributed by atoms with Crippen molar-refractivity contribution in [2.24, 2.45) is 0 Å². The van der Waals surface area contributed by atoms with E-state index in [1.54, 1.807) is 20.8 Å². The quantitative estimate of drug-likeness (QED) is 0.559. The molecule has 0 aliphatic carbocycles. The molecule has 0 saturated heterocycles. The van der Waals surface area contributed by atoms with Crippen molar-refractivity contribution in [2.75, 3.05) is 25.1 Å². The third kappa shape index (κ3) is 6.06. The number of anilines is 1. The van der Waals surface area contributed by atoms with Gasteiger partial charge in [0.05, 0.1) is 18.8 Å². The van der Waals surface area contributed by atoms with Gasteiger partial charge in [0.1, 0.15) is 15.6 Å². The summed E-state index contributed by atoms with van der Waals surface area (Å²) in [5.41, 5.74) is 1.77. The summed E-state index contributed by atoms with van der Waals surface area (Å²) in [6.45, 7) is 7.26. The van der Waals surface area contributed by atoms with E-state index >= 15 is 0 Å². The zero-order valence-electron chi connectivity index (χ0n) is 17.7. The highest BCUT2D eigenvalue weighted by atomic mass is 32.1. The van der Waals surface area contributed by atoms with Crippen LogP contribution in [0.25, 0.3) is 0 Å². The van der Waals surface area contributed by atoms with Gasteiger partial charge in [-0.3, -0.25) is 4.79 Å². The summed E-state index contributed by atoms with van der Waals surface area (Å²) in [5, 5.41) is 2.89. The second-order valence-corrected chi connectivity index (χ2v) is 7.45. The SMILES string of the molecule is CCCc1ccc(OCC(=O)Nc2sc(C(=O)OCC)c(C)c2C(=O)OCC)cc1. The molecule has 0 fully saturated rings. The summed E-state index contributed by atoms with van der Waals surface area (Å²) >= 11 is 0.983. The van der Waals surface area contributed by atoms with Crippen LogP contribution in [0.1, 0.15) is 58.3 Å². The Bertz CT molecular complexity index is 888. The van der Waals surface area contributed by atoms with Crippen molar-refractivity contribution < 1.29 is 28.6 Å². The Labute approximate surface area is 180 Å². The molecule has 0 spiro atoms. The molecule has 1 N–H and O–H groups in total. The van der Waals surface area contributed by atoms with Gasteiger partial charge in [-0.2, -0.15) is 0 Å². The lowest BCUT2D eigenvalue weighted by Gasteiger charge is -2.09. The van der Waals surface area contributed by atoms with Crippen LogP contribution in [0.5, 0.6) is 5.75 Å². The number of esters is 2. The van der Waals surface area contributed by atoms with Crippen LogP contribution in [-0.4, -0.2) is 37.7 Å². The van der Waals surface area contributed by atoms with Crippen molar-refractivity contribution in [1.82, 2.24) is 0 Å². The molecule has 162 valence electrons. The first-order chi connectivity index (χ1) is 14.4. The molecule has 30 heavy (non-hydrogen) atoms. The third-order valence-electron chi connectivity index (χ3n) is 4.17. The predicted octanol–water partition coefficient (Wildman–Crippen LogP) is 4.38. The number of benzene rings is 1. The van der Waals surface area contributed by atoms with Crippen LogP contribution in [0.15, 0.2) is 24.3 Å². The van der Waals surface area contributed by atoms with Gasteiger partial charge in [0.15, 0.2) is 6.61 Å². The molecule has 0 atom stereocenters. The number of aryl methyl sites for hydroxylation is 1. The number of rotatable bonds is 10. The number of nitrogens with one attached hydrogen (secondary N) is 1. The van der Waals surface area contributed by atoms with E-state index in [4.69, 9.17) is 14.2 Å². The van der Waals surface area contributed by atoms with Crippen molar-refractivity contribution >= 4 is 34.2 Å². The van der Waals surface area contributed by atoms with E-state index in [1.807, 2.05) is 24.3 Å².